The summed E-state index contributed by atoms with van der Waals surface area (Å²) in [4.78, 5) is 0. The molecule has 74 heavy (non-hydrogen) atoms. The molecule has 3 nitrogen and oxygen atoms in total. The molecule has 51 heteroatoms. The number of rotatable bonds is 23. The zero-order chi connectivity index (χ0) is 61.8. The van der Waals surface area contributed by atoms with E-state index >= 15 is 0 Å². The summed E-state index contributed by atoms with van der Waals surface area (Å²) in [6.45, 7) is 0. The van der Waals surface area contributed by atoms with Crippen molar-refractivity contribution in [3.63, 3.8) is 0 Å². The van der Waals surface area contributed by atoms with Crippen molar-refractivity contribution in [3.8, 4) is 0 Å². The van der Waals surface area contributed by atoms with Gasteiger partial charge in [0.05, 0.1) is 0 Å². The van der Waals surface area contributed by atoms with Gasteiger partial charge in [0.1, 0.15) is 0 Å². The summed E-state index contributed by atoms with van der Waals surface area (Å²) in [5.74, 6) is 0. The number of alkyl halides is 47. The smallest absolute Gasteiger partial charge is 0.229 e. The molecule has 0 aliphatic carbocycles. The van der Waals surface area contributed by atoms with Crippen molar-refractivity contribution in [2.45, 2.75) is 99.3 Å². The Bertz CT molecular complexity index is 2130. The zero-order valence-electron chi connectivity index (χ0n) is 30.9. The van der Waals surface area contributed by atoms with Crippen LogP contribution in [0.5, 0.6) is 0 Å². The Morgan fingerprint density at radius 1 is 0.162 bits per heavy atom. The van der Waals surface area contributed by atoms with E-state index in [2.05, 4.69) is 4.18 Å². The lowest BCUT2D eigenvalue weighted by Crippen LogP contribution is -2.77. The van der Waals surface area contributed by atoms with Gasteiger partial charge in [-0.2, -0.15) is 0 Å². The Hall–Kier alpha value is 13.5. The first-order valence-corrected chi connectivity index (χ1v) is 34.0. The van der Waals surface area contributed by atoms with Gasteiger partial charge in [-0.25, -0.2) is 12.6 Å². The number of thiol groups is 1. The molecule has 0 fully saturated rings. The maximum atomic E-state index is 11.4. The normalized spacial score (nSPS) is 17.4. The lowest BCUT2D eigenvalue weighted by Gasteiger charge is -2.59. The molecule has 0 bridgehead atoms. The van der Waals surface area contributed by atoms with Gasteiger partial charge in [0.15, 0.2) is 82.3 Å². The molecule has 0 rings (SSSR count). The molecule has 0 amide bonds. The third kappa shape index (κ3) is 13.0. The van der Waals surface area contributed by atoms with Crippen LogP contribution < -0.4 is 0 Å². The highest BCUT2D eigenvalue weighted by molar-refractivity contribution is 7.67. The third-order valence-corrected chi connectivity index (χ3v) is 43.5. The second kappa shape index (κ2) is 26.2. The van der Waals surface area contributed by atoms with Crippen molar-refractivity contribution in [3.05, 3.63) is 0 Å². The maximum absolute atomic E-state index is 11.4. The fourth-order valence-corrected chi connectivity index (χ4v) is 21.3. The van der Waals surface area contributed by atoms with E-state index in [1.165, 1.54) is 0 Å². The standard InChI is InChI=1S/C23HCl47O3S/c24-1(25,2(26,27)4(30,31)6(34,35)8(38,39)10(42,43)12(46,47)14(50,51)16(54,55)18(58,59)20(62,63)22(66,67)68)3(28,29)5(32,33)7(36,37)9(40,41)11(44,45)13(48,49)15(52,53)17(56,57)19(60,61)21(64,65)23(69,70)73-74(71)72/h74H. The van der Waals surface area contributed by atoms with Crippen LogP contribution in [0.1, 0.15) is 0 Å². The van der Waals surface area contributed by atoms with Gasteiger partial charge >= 0.3 is 0 Å². The molecule has 0 aromatic heterocycles. The first kappa shape index (κ1) is 87.5. The molecular weight excluding hydrogens is 2020 g/mol. The zero-order valence-corrected chi connectivity index (χ0v) is 67.4. The minimum atomic E-state index is -4.06. The maximum Gasteiger partial charge on any atom is 0.270 e. The predicted molar refractivity (Wildman–Crippen MR) is 349 cm³/mol. The molecular formula is C23HCl47O3S. The summed E-state index contributed by atoms with van der Waals surface area (Å²) >= 11 is 303. The van der Waals surface area contributed by atoms with Gasteiger partial charge in [0, 0.05) is 0 Å². The molecule has 0 unspecified atom stereocenters. The Labute approximate surface area is 656 Å². The van der Waals surface area contributed by atoms with Crippen molar-refractivity contribution < 1.29 is 12.6 Å². The van der Waals surface area contributed by atoms with Crippen LogP contribution in [0.3, 0.4) is 0 Å². The summed E-state index contributed by atoms with van der Waals surface area (Å²) in [5, 5.41) is 0. The number of halogens is 47. The van der Waals surface area contributed by atoms with Gasteiger partial charge in [0.25, 0.3) is 15.5 Å². The van der Waals surface area contributed by atoms with Crippen molar-refractivity contribution in [1.82, 2.24) is 0 Å². The highest BCUT2D eigenvalue weighted by atomic mass is 35.6. The van der Waals surface area contributed by atoms with Crippen LogP contribution in [-0.2, 0) is 15.2 Å². The average molecular weight is 2020 g/mol. The van der Waals surface area contributed by atoms with Gasteiger partial charge in [-0.15, -0.1) is 0 Å². The molecule has 0 aromatic rings. The lowest BCUT2D eigenvalue weighted by atomic mass is 9.95. The van der Waals surface area contributed by atoms with Gasteiger partial charge in [-0.3, -0.25) is 0 Å². The van der Waals surface area contributed by atoms with E-state index in [1.807, 2.05) is 0 Å². The topological polar surface area (TPSA) is 43.4 Å². The largest absolute Gasteiger partial charge is 0.270 e. The van der Waals surface area contributed by atoms with Crippen molar-refractivity contribution in [2.24, 2.45) is 0 Å². The van der Waals surface area contributed by atoms with E-state index in [-0.39, 0.29) is 0 Å². The highest BCUT2D eigenvalue weighted by Crippen LogP contribution is 2.80. The number of hydrogen-bond acceptors (Lipinski definition) is 3. The summed E-state index contributed by atoms with van der Waals surface area (Å²) < 4.78 is -58.3. The molecule has 446 valence electrons. The van der Waals surface area contributed by atoms with E-state index in [4.69, 9.17) is 545 Å². The molecule has 0 saturated carbocycles. The molecule has 0 N–H and O–H groups in total. The van der Waals surface area contributed by atoms with Crippen LogP contribution in [0, 0.1) is 0 Å². The monoisotopic (exact) mass is 2000 g/mol. The van der Waals surface area contributed by atoms with E-state index in [1.54, 1.807) is 0 Å². The van der Waals surface area contributed by atoms with Crippen LogP contribution in [0.15, 0.2) is 0 Å². The first-order chi connectivity index (χ1) is 30.9. The lowest BCUT2D eigenvalue weighted by molar-refractivity contribution is 0.223. The summed E-state index contributed by atoms with van der Waals surface area (Å²) in [5.41, 5.74) is 0. The first-order valence-electron chi connectivity index (χ1n) is 15.1. The molecule has 0 aliphatic rings. The van der Waals surface area contributed by atoms with Gasteiger partial charge in [-0.1, -0.05) is 545 Å². The van der Waals surface area contributed by atoms with Gasteiger partial charge in [-0.05, 0) is 0 Å². The molecule has 0 aliphatic heterocycles. The SMILES string of the molecule is O=[SH](=O)OC(Cl)(Cl)C(Cl)(Cl)C(Cl)(Cl)C(Cl)(Cl)C(Cl)(Cl)C(Cl)(Cl)C(Cl)(Cl)C(Cl)(Cl)C(Cl)(Cl)C(Cl)(Cl)C(Cl)(Cl)C(Cl)(Cl)C(Cl)(Cl)C(Cl)(Cl)C(Cl)(Cl)C(Cl)(Cl)C(Cl)(Cl)C(Cl)(Cl)C(Cl)(Cl)C(Cl)(Cl)C(Cl)(Cl)C(Cl)(Cl)C(Cl)(Cl)Cl. The number of hydrogen-bond donors (Lipinski definition) is 1. The summed E-state index contributed by atoms with van der Waals surface area (Å²) in [6.07, 6.45) is 0. The molecule has 0 spiro atoms. The second-order valence-electron chi connectivity index (χ2n) is 13.4. The molecule has 0 heterocycles. The molecule has 0 aromatic carbocycles. The van der Waals surface area contributed by atoms with E-state index < -0.39 is 110 Å². The summed E-state index contributed by atoms with van der Waals surface area (Å²) in [6, 6.07) is 0. The minimum absolute atomic E-state index is 2.94. The molecule has 0 saturated heterocycles. The fourth-order valence-electron chi connectivity index (χ4n) is 4.26. The fraction of sp³-hybridized carbons (Fsp3) is 1.00. The molecule has 0 atom stereocenters. The molecule has 0 radical (unpaired) electrons. The van der Waals surface area contributed by atoms with E-state index in [0.29, 0.717) is 0 Å². The summed E-state index contributed by atoms with van der Waals surface area (Å²) in [7, 11) is -4.06. The average Bonchev–Trinajstić information content (AvgIpc) is 3.15. The van der Waals surface area contributed by atoms with Crippen molar-refractivity contribution in [1.29, 1.82) is 0 Å². The Morgan fingerprint density at radius 2 is 0.257 bits per heavy atom. The van der Waals surface area contributed by atoms with E-state index in [0.717, 1.165) is 0 Å². The van der Waals surface area contributed by atoms with Crippen LogP contribution in [0.25, 0.3) is 0 Å². The van der Waals surface area contributed by atoms with Crippen LogP contribution in [0.4, 0.5) is 0 Å². The second-order valence-corrected chi connectivity index (χ2v) is 45.4. The Kier molecular flexibility index (Phi) is 31.0. The van der Waals surface area contributed by atoms with Crippen LogP contribution in [0.2, 0.25) is 0 Å². The van der Waals surface area contributed by atoms with Gasteiger partial charge in [0.2, 0.25) is 12.5 Å². The van der Waals surface area contributed by atoms with Crippen LogP contribution >= 0.6 is 545 Å². The van der Waals surface area contributed by atoms with E-state index in [9.17, 15) is 8.42 Å². The Morgan fingerprint density at radius 3 is 0.351 bits per heavy atom. The minimum Gasteiger partial charge on any atom is -0.229 e. The van der Waals surface area contributed by atoms with Crippen LogP contribution in [-0.4, -0.2) is 108 Å². The van der Waals surface area contributed by atoms with Crippen molar-refractivity contribution >= 4 is 556 Å². The Balaban J connectivity index is 8.16. The van der Waals surface area contributed by atoms with Gasteiger partial charge < -0.3 is 0 Å². The highest BCUT2D eigenvalue weighted by Gasteiger charge is 2.90. The predicted octanol–water partition coefficient (Wildman–Crippen LogP) is 26.7. The van der Waals surface area contributed by atoms with Crippen molar-refractivity contribution in [2.75, 3.05) is 0 Å². The quantitative estimate of drug-likeness (QED) is 0.0819. The third-order valence-electron chi connectivity index (χ3n) is 8.80.